The Labute approximate surface area is 100 Å². The van der Waals surface area contributed by atoms with Crippen molar-refractivity contribution in [2.75, 3.05) is 7.05 Å². The number of benzene rings is 1. The quantitative estimate of drug-likeness (QED) is 0.472. The van der Waals surface area contributed by atoms with Gasteiger partial charge < -0.3 is 9.57 Å². The van der Waals surface area contributed by atoms with Crippen LogP contribution in [0.4, 0.5) is 0 Å². The highest BCUT2D eigenvalue weighted by molar-refractivity contribution is 5.92. The van der Waals surface area contributed by atoms with Crippen molar-refractivity contribution in [1.82, 2.24) is 5.48 Å². The van der Waals surface area contributed by atoms with Crippen LogP contribution in [0.25, 0.3) is 0 Å². The van der Waals surface area contributed by atoms with Gasteiger partial charge in [-0.15, -0.1) is 0 Å². The maximum Gasteiger partial charge on any atom is 0.237 e. The fourth-order valence-electron chi connectivity index (χ4n) is 1.28. The van der Waals surface area contributed by atoms with Gasteiger partial charge in [0.25, 0.3) is 0 Å². The van der Waals surface area contributed by atoms with E-state index < -0.39 is 0 Å². The van der Waals surface area contributed by atoms with Crippen LogP contribution in [0.15, 0.2) is 18.2 Å². The van der Waals surface area contributed by atoms with Crippen LogP contribution >= 0.6 is 0 Å². The number of nitriles is 1. The maximum atomic E-state index is 9.01. The minimum absolute atomic E-state index is 0.000889. The summed E-state index contributed by atoms with van der Waals surface area (Å²) in [5.74, 6) is 0.476. The summed E-state index contributed by atoms with van der Waals surface area (Å²) < 4.78 is 5.48. The number of ether oxygens (including phenoxy) is 1. The molecule has 0 bridgehead atoms. The molecule has 17 heavy (non-hydrogen) atoms. The molecule has 0 amide bonds. The van der Waals surface area contributed by atoms with E-state index in [1.165, 1.54) is 0 Å². The van der Waals surface area contributed by atoms with Gasteiger partial charge in [-0.25, -0.2) is 0 Å². The molecule has 0 atom stereocenters. The van der Waals surface area contributed by atoms with Gasteiger partial charge in [0, 0.05) is 12.6 Å². The van der Waals surface area contributed by atoms with Crippen LogP contribution in [-0.2, 0) is 4.84 Å². The third-order valence-corrected chi connectivity index (χ3v) is 1.93. The van der Waals surface area contributed by atoms with Crippen LogP contribution in [0.3, 0.4) is 0 Å². The Morgan fingerprint density at radius 2 is 2.18 bits per heavy atom. The Kier molecular flexibility index (Phi) is 4.49. The lowest BCUT2D eigenvalue weighted by Gasteiger charge is -2.12. The van der Waals surface area contributed by atoms with Gasteiger partial charge in [-0.3, -0.25) is 5.41 Å². The highest BCUT2D eigenvalue weighted by atomic mass is 16.6. The Hall–Kier alpha value is -2.06. The molecular weight excluding hydrogens is 218 g/mol. The Balaban J connectivity index is 3.01. The average molecular weight is 233 g/mol. The standard InChI is InChI=1S/C12H15N3O2/c1-8(2)16-11-5-4-9(6-10(11)7-13)12(14)17-15-3/h4-6,8,14-15H,1-3H3. The minimum atomic E-state index is -0.0416. The van der Waals surface area contributed by atoms with E-state index in [1.54, 1.807) is 25.2 Å². The second-order valence-corrected chi connectivity index (χ2v) is 3.62. The number of nitrogens with zero attached hydrogens (tertiary/aromatic N) is 1. The lowest BCUT2D eigenvalue weighted by molar-refractivity contribution is 0.207. The van der Waals surface area contributed by atoms with Crippen molar-refractivity contribution in [3.05, 3.63) is 29.3 Å². The van der Waals surface area contributed by atoms with Gasteiger partial charge in [-0.05, 0) is 32.0 Å². The molecule has 1 aromatic rings. The van der Waals surface area contributed by atoms with E-state index in [0.717, 1.165) is 0 Å². The molecule has 1 rings (SSSR count). The van der Waals surface area contributed by atoms with E-state index >= 15 is 0 Å². The van der Waals surface area contributed by atoms with E-state index in [4.69, 9.17) is 20.2 Å². The summed E-state index contributed by atoms with van der Waals surface area (Å²) in [4.78, 5) is 4.83. The summed E-state index contributed by atoms with van der Waals surface area (Å²) in [6.45, 7) is 3.78. The zero-order valence-electron chi connectivity index (χ0n) is 10.1. The lowest BCUT2D eigenvalue weighted by Crippen LogP contribution is -2.15. The van der Waals surface area contributed by atoms with Crippen LogP contribution in [0, 0.1) is 16.7 Å². The summed E-state index contributed by atoms with van der Waals surface area (Å²) >= 11 is 0. The van der Waals surface area contributed by atoms with Gasteiger partial charge >= 0.3 is 0 Å². The number of hydrogen-bond acceptors (Lipinski definition) is 5. The van der Waals surface area contributed by atoms with Crippen LogP contribution in [0.5, 0.6) is 5.75 Å². The molecule has 0 radical (unpaired) electrons. The molecule has 0 spiro atoms. The van der Waals surface area contributed by atoms with Gasteiger partial charge in [0.1, 0.15) is 11.8 Å². The molecule has 2 N–H and O–H groups in total. The molecule has 5 heteroatoms. The van der Waals surface area contributed by atoms with Gasteiger partial charge in [0.15, 0.2) is 0 Å². The van der Waals surface area contributed by atoms with Crippen molar-refractivity contribution in [3.63, 3.8) is 0 Å². The zero-order chi connectivity index (χ0) is 12.8. The van der Waals surface area contributed by atoms with E-state index in [-0.39, 0.29) is 12.0 Å². The zero-order valence-corrected chi connectivity index (χ0v) is 10.1. The van der Waals surface area contributed by atoms with Crippen molar-refractivity contribution in [1.29, 1.82) is 10.7 Å². The lowest BCUT2D eigenvalue weighted by atomic mass is 10.1. The Bertz CT molecular complexity index is 450. The van der Waals surface area contributed by atoms with Crippen LogP contribution in [-0.4, -0.2) is 19.0 Å². The average Bonchev–Trinajstić information content (AvgIpc) is 2.29. The molecule has 0 unspecified atom stereocenters. The minimum Gasteiger partial charge on any atom is -0.490 e. The fourth-order valence-corrected chi connectivity index (χ4v) is 1.28. The Morgan fingerprint density at radius 1 is 1.47 bits per heavy atom. The highest BCUT2D eigenvalue weighted by Crippen LogP contribution is 2.20. The molecule has 1 aromatic carbocycles. The first kappa shape index (κ1) is 13.0. The highest BCUT2D eigenvalue weighted by Gasteiger charge is 2.10. The number of rotatable bonds is 4. The van der Waals surface area contributed by atoms with Crippen molar-refractivity contribution in [3.8, 4) is 11.8 Å². The normalized spacial score (nSPS) is 9.82. The molecule has 90 valence electrons. The predicted molar refractivity (Wildman–Crippen MR) is 63.9 cm³/mol. The summed E-state index contributed by atoms with van der Waals surface area (Å²) in [6.07, 6.45) is 0.000889. The third kappa shape index (κ3) is 3.47. The molecule has 0 aliphatic rings. The van der Waals surface area contributed by atoms with Crippen molar-refractivity contribution >= 4 is 5.90 Å². The predicted octanol–water partition coefficient (Wildman–Crippen LogP) is 1.82. The summed E-state index contributed by atoms with van der Waals surface area (Å²) in [6, 6.07) is 6.95. The van der Waals surface area contributed by atoms with E-state index in [2.05, 4.69) is 5.48 Å². The van der Waals surface area contributed by atoms with Gasteiger partial charge in [-0.2, -0.15) is 10.7 Å². The number of hydroxylamine groups is 1. The van der Waals surface area contributed by atoms with Gasteiger partial charge in [0.05, 0.1) is 11.7 Å². The van der Waals surface area contributed by atoms with Crippen molar-refractivity contribution < 1.29 is 9.57 Å². The third-order valence-electron chi connectivity index (χ3n) is 1.93. The molecule has 0 saturated carbocycles. The maximum absolute atomic E-state index is 9.01. The summed E-state index contributed by atoms with van der Waals surface area (Å²) in [5, 5.41) is 16.6. The first-order valence-corrected chi connectivity index (χ1v) is 5.21. The molecule has 0 aromatic heterocycles. The smallest absolute Gasteiger partial charge is 0.237 e. The monoisotopic (exact) mass is 233 g/mol. The van der Waals surface area contributed by atoms with E-state index in [9.17, 15) is 0 Å². The molecule has 0 heterocycles. The number of hydrogen-bond donors (Lipinski definition) is 2. The first-order chi connectivity index (χ1) is 8.08. The van der Waals surface area contributed by atoms with Gasteiger partial charge in [0.2, 0.25) is 5.90 Å². The van der Waals surface area contributed by atoms with Crippen molar-refractivity contribution in [2.24, 2.45) is 0 Å². The summed E-state index contributed by atoms with van der Waals surface area (Å²) in [5.41, 5.74) is 3.32. The van der Waals surface area contributed by atoms with Crippen LogP contribution in [0.1, 0.15) is 25.0 Å². The second-order valence-electron chi connectivity index (χ2n) is 3.62. The molecule has 0 aliphatic heterocycles. The Morgan fingerprint density at radius 3 is 2.71 bits per heavy atom. The SMILES string of the molecule is CNOC(=N)c1ccc(OC(C)C)c(C#N)c1. The summed E-state index contributed by atoms with van der Waals surface area (Å²) in [7, 11) is 1.57. The molecule has 5 nitrogen and oxygen atoms in total. The van der Waals surface area contributed by atoms with Crippen molar-refractivity contribution in [2.45, 2.75) is 20.0 Å². The fraction of sp³-hybridized carbons (Fsp3) is 0.333. The first-order valence-electron chi connectivity index (χ1n) is 5.21. The number of nitrogens with one attached hydrogen (secondary N) is 2. The molecule has 0 aliphatic carbocycles. The molecular formula is C12H15N3O2. The second kappa shape index (κ2) is 5.87. The van der Waals surface area contributed by atoms with Crippen LogP contribution < -0.4 is 10.2 Å². The van der Waals surface area contributed by atoms with Crippen LogP contribution in [0.2, 0.25) is 0 Å². The van der Waals surface area contributed by atoms with E-state index in [1.807, 2.05) is 19.9 Å². The van der Waals surface area contributed by atoms with Gasteiger partial charge in [-0.1, -0.05) is 0 Å². The topological polar surface area (TPSA) is 78.1 Å². The largest absolute Gasteiger partial charge is 0.490 e. The molecule has 0 saturated heterocycles. The molecule has 0 fully saturated rings. The van der Waals surface area contributed by atoms with E-state index in [0.29, 0.717) is 16.9 Å².